The lowest BCUT2D eigenvalue weighted by molar-refractivity contribution is 0.682. The number of hydrogen-bond acceptors (Lipinski definition) is 4. The summed E-state index contributed by atoms with van der Waals surface area (Å²) in [5.74, 6) is 1.88. The summed E-state index contributed by atoms with van der Waals surface area (Å²) in [6.07, 6.45) is 3.29. The van der Waals surface area contributed by atoms with Gasteiger partial charge in [-0.2, -0.15) is 0 Å². The van der Waals surface area contributed by atoms with Gasteiger partial charge in [0.15, 0.2) is 0 Å². The minimum atomic E-state index is 0.610. The Morgan fingerprint density at radius 3 is 2.85 bits per heavy atom. The molecule has 0 unspecified atom stereocenters. The molecule has 0 radical (unpaired) electrons. The normalized spacial score (nSPS) is 16.2. The fraction of sp³-hybridized carbons (Fsp3) is 0.750. The Balaban J connectivity index is 2.27. The van der Waals surface area contributed by atoms with Gasteiger partial charge in [0.25, 0.3) is 0 Å². The summed E-state index contributed by atoms with van der Waals surface area (Å²) in [5, 5.41) is 11.2. The molecule has 1 fully saturated rings. The van der Waals surface area contributed by atoms with Crippen LogP contribution in [0, 0.1) is 0 Å². The Hall–Kier alpha value is -1.10. The summed E-state index contributed by atoms with van der Waals surface area (Å²) in [7, 11) is 1.87. The van der Waals surface area contributed by atoms with Crippen LogP contribution >= 0.6 is 0 Å². The maximum atomic E-state index is 5.50. The lowest BCUT2D eigenvalue weighted by Gasteiger charge is -2.06. The highest BCUT2D eigenvalue weighted by Gasteiger charge is 2.28. The van der Waals surface area contributed by atoms with Crippen LogP contribution in [0.15, 0.2) is 0 Å². The molecule has 5 nitrogen and oxygen atoms in total. The van der Waals surface area contributed by atoms with Crippen LogP contribution in [0.3, 0.4) is 0 Å². The zero-order valence-corrected chi connectivity index (χ0v) is 7.82. The van der Waals surface area contributed by atoms with E-state index in [9.17, 15) is 0 Å². The molecule has 1 aliphatic carbocycles. The Morgan fingerprint density at radius 1 is 1.54 bits per heavy atom. The van der Waals surface area contributed by atoms with E-state index in [2.05, 4.69) is 20.1 Å². The highest BCUT2D eigenvalue weighted by Crippen LogP contribution is 2.37. The monoisotopic (exact) mass is 181 g/mol. The lowest BCUT2D eigenvalue weighted by atomic mass is 10.4. The van der Waals surface area contributed by atoms with E-state index in [1.807, 2.05) is 7.05 Å². The molecule has 1 aromatic heterocycles. The van der Waals surface area contributed by atoms with Gasteiger partial charge in [-0.3, -0.25) is 4.57 Å². The van der Waals surface area contributed by atoms with Crippen LogP contribution in [0.4, 0.5) is 5.95 Å². The fourth-order valence-corrected chi connectivity index (χ4v) is 1.51. The van der Waals surface area contributed by atoms with E-state index in [4.69, 9.17) is 5.73 Å². The maximum Gasteiger partial charge on any atom is 0.224 e. The molecule has 1 aliphatic rings. The molecular weight excluding hydrogens is 166 g/mol. The second-order valence-electron chi connectivity index (χ2n) is 3.33. The second kappa shape index (κ2) is 3.33. The van der Waals surface area contributed by atoms with Gasteiger partial charge in [-0.25, -0.2) is 0 Å². The van der Waals surface area contributed by atoms with Crippen molar-refractivity contribution in [2.45, 2.75) is 25.3 Å². The topological polar surface area (TPSA) is 68.8 Å². The molecule has 72 valence electrons. The number of nitrogens with two attached hydrogens (primary N) is 1. The van der Waals surface area contributed by atoms with Crippen LogP contribution in [0.1, 0.15) is 24.7 Å². The number of anilines is 1. The summed E-state index contributed by atoms with van der Waals surface area (Å²) in [6.45, 7) is 0.633. The van der Waals surface area contributed by atoms with Gasteiger partial charge < -0.3 is 11.1 Å². The molecule has 0 amide bonds. The predicted octanol–water partition coefficient (Wildman–Crippen LogP) is 0.156. The van der Waals surface area contributed by atoms with Gasteiger partial charge in [0.05, 0.1) is 0 Å². The van der Waals surface area contributed by atoms with Crippen molar-refractivity contribution in [2.75, 3.05) is 18.9 Å². The minimum Gasteiger partial charge on any atom is -0.357 e. The first-order valence-corrected chi connectivity index (χ1v) is 4.68. The van der Waals surface area contributed by atoms with Gasteiger partial charge in [0.2, 0.25) is 5.95 Å². The first-order valence-electron chi connectivity index (χ1n) is 4.68. The van der Waals surface area contributed by atoms with Gasteiger partial charge >= 0.3 is 0 Å². The molecule has 13 heavy (non-hydrogen) atoms. The SMILES string of the molecule is CNc1nnc(CCN)n1C1CC1. The molecule has 1 aromatic rings. The van der Waals surface area contributed by atoms with Crippen molar-refractivity contribution in [2.24, 2.45) is 5.73 Å². The van der Waals surface area contributed by atoms with Crippen LogP contribution in [-0.4, -0.2) is 28.4 Å². The van der Waals surface area contributed by atoms with E-state index < -0.39 is 0 Å². The molecule has 0 spiro atoms. The maximum absolute atomic E-state index is 5.50. The molecular formula is C8H15N5. The Labute approximate surface area is 77.3 Å². The van der Waals surface area contributed by atoms with Gasteiger partial charge in [-0.1, -0.05) is 0 Å². The van der Waals surface area contributed by atoms with Gasteiger partial charge in [-0.15, -0.1) is 10.2 Å². The number of rotatable bonds is 4. The van der Waals surface area contributed by atoms with E-state index in [1.165, 1.54) is 12.8 Å². The third kappa shape index (κ3) is 1.51. The predicted molar refractivity (Wildman–Crippen MR) is 50.6 cm³/mol. The van der Waals surface area contributed by atoms with Crippen LogP contribution < -0.4 is 11.1 Å². The average molecular weight is 181 g/mol. The summed E-state index contributed by atoms with van der Waals surface area (Å²) in [5.41, 5.74) is 5.50. The highest BCUT2D eigenvalue weighted by atomic mass is 15.4. The van der Waals surface area contributed by atoms with Crippen molar-refractivity contribution in [1.29, 1.82) is 0 Å². The second-order valence-corrected chi connectivity index (χ2v) is 3.33. The molecule has 0 atom stereocenters. The van der Waals surface area contributed by atoms with Gasteiger partial charge in [-0.05, 0) is 19.4 Å². The van der Waals surface area contributed by atoms with E-state index in [1.54, 1.807) is 0 Å². The Bertz CT molecular complexity index is 289. The zero-order valence-electron chi connectivity index (χ0n) is 7.82. The minimum absolute atomic E-state index is 0.610. The average Bonchev–Trinajstić information content (AvgIpc) is 2.89. The Morgan fingerprint density at radius 2 is 2.31 bits per heavy atom. The molecule has 0 bridgehead atoms. The first kappa shape index (κ1) is 8.50. The summed E-state index contributed by atoms with van der Waals surface area (Å²) >= 11 is 0. The van der Waals surface area contributed by atoms with Crippen LogP contribution in [0.25, 0.3) is 0 Å². The van der Waals surface area contributed by atoms with Crippen molar-refractivity contribution < 1.29 is 0 Å². The lowest BCUT2D eigenvalue weighted by Crippen LogP contribution is -2.10. The van der Waals surface area contributed by atoms with E-state index in [0.29, 0.717) is 12.6 Å². The first-order chi connectivity index (χ1) is 6.36. The number of hydrogen-bond donors (Lipinski definition) is 2. The molecule has 1 heterocycles. The molecule has 0 aromatic carbocycles. The van der Waals surface area contributed by atoms with Crippen LogP contribution in [0.2, 0.25) is 0 Å². The van der Waals surface area contributed by atoms with Crippen molar-refractivity contribution >= 4 is 5.95 Å². The van der Waals surface area contributed by atoms with Crippen molar-refractivity contribution in [3.63, 3.8) is 0 Å². The standard InChI is InChI=1S/C8H15N5/c1-10-8-12-11-7(4-5-9)13(8)6-2-3-6/h6H,2-5,9H2,1H3,(H,10,12). The third-order valence-corrected chi connectivity index (χ3v) is 2.27. The fourth-order valence-electron chi connectivity index (χ4n) is 1.51. The van der Waals surface area contributed by atoms with Crippen LogP contribution in [0.5, 0.6) is 0 Å². The summed E-state index contributed by atoms with van der Waals surface area (Å²) < 4.78 is 2.17. The highest BCUT2D eigenvalue weighted by molar-refractivity contribution is 5.26. The molecule has 2 rings (SSSR count). The Kier molecular flexibility index (Phi) is 2.18. The quantitative estimate of drug-likeness (QED) is 0.694. The molecule has 5 heteroatoms. The molecule has 3 N–H and O–H groups in total. The molecule has 0 aliphatic heterocycles. The summed E-state index contributed by atoms with van der Waals surface area (Å²) in [6, 6.07) is 0.610. The zero-order chi connectivity index (χ0) is 9.26. The number of nitrogens with one attached hydrogen (secondary N) is 1. The van der Waals surface area contributed by atoms with Gasteiger partial charge in [0.1, 0.15) is 5.82 Å². The van der Waals surface area contributed by atoms with Crippen LogP contribution in [-0.2, 0) is 6.42 Å². The summed E-state index contributed by atoms with van der Waals surface area (Å²) in [4.78, 5) is 0. The molecule has 1 saturated carbocycles. The van der Waals surface area contributed by atoms with Crippen molar-refractivity contribution in [1.82, 2.24) is 14.8 Å². The smallest absolute Gasteiger partial charge is 0.224 e. The largest absolute Gasteiger partial charge is 0.357 e. The van der Waals surface area contributed by atoms with Crippen molar-refractivity contribution in [3.8, 4) is 0 Å². The molecule has 0 saturated heterocycles. The van der Waals surface area contributed by atoms with E-state index in [-0.39, 0.29) is 0 Å². The van der Waals surface area contributed by atoms with Gasteiger partial charge in [0, 0.05) is 19.5 Å². The van der Waals surface area contributed by atoms with E-state index >= 15 is 0 Å². The number of nitrogens with zero attached hydrogens (tertiary/aromatic N) is 3. The number of aromatic nitrogens is 3. The third-order valence-electron chi connectivity index (χ3n) is 2.27. The van der Waals surface area contributed by atoms with E-state index in [0.717, 1.165) is 18.2 Å². The van der Waals surface area contributed by atoms with Crippen molar-refractivity contribution in [3.05, 3.63) is 5.82 Å².